The number of benzene rings is 20. The number of halogens is 1. The molecule has 20 nitrogen and oxygen atoms in total. The standard InChI is InChI=1S/C120H65ClO20/c1-132-105(122)46(106(123)133-2)31-36-11-21-41(22-12-36)115-91-81-71-61-56-51-52-54-55-53(51)58-64-62(56)72(71)82-84-74(64)76-66(58)68-60(55)70-69-59(54)67-65-57(52)63(61)73-75(65)85-87-77(67)79(69)89-90-80(70)78(68)88-86(76)96-94(84)116(92(82)91,42-23-13-37(14-24-42)32-47(107(124)134-3)108(125)135-4)102-101(115)103-117(95(85)93(115)83(73)81,43-25-15-38(16-26-43)33-48(109(126)136-5)110(127)137-6)97(87)99(89)119(45-29-19-40(20-30-45)35-50(113(130)140-9)114(131)141-10)100(90)98(88)118(96,104(102)120(103,119)121)44-27-17-39(18-28-44)34-49(111(128)138-7)112(129)139-8/h11-30,46-50H,31-35H2,1-10H3. The van der Waals surface area contributed by atoms with E-state index in [0.717, 1.165) is 117 Å². The molecule has 0 saturated carbocycles. The minimum Gasteiger partial charge on any atom is -0.468 e. The van der Waals surface area contributed by atoms with Crippen molar-refractivity contribution in [2.75, 3.05) is 71.1 Å². The summed E-state index contributed by atoms with van der Waals surface area (Å²) in [7, 11) is 12.8. The number of carbonyl (C=O) groups excluding carboxylic acids is 10. The second-order valence-electron chi connectivity index (χ2n) is 42.2. The van der Waals surface area contributed by atoms with Gasteiger partial charge in [-0.1, -0.05) is 121 Å². The molecule has 11 aliphatic rings. The highest BCUT2D eigenvalue weighted by Crippen LogP contribution is 2.95. The van der Waals surface area contributed by atoms with Crippen molar-refractivity contribution in [2.24, 2.45) is 29.6 Å². The molecule has 26 aromatic carbocycles. The maximum absolute atomic E-state index is 14.3. The molecule has 0 heterocycles. The normalized spacial score (nSPS) is 21.6. The molecular formula is C120H65ClO20. The molecule has 0 aliphatic heterocycles. The van der Waals surface area contributed by atoms with Gasteiger partial charge in [0.05, 0.1) is 98.2 Å². The maximum Gasteiger partial charge on any atom is 0.320 e. The summed E-state index contributed by atoms with van der Waals surface area (Å²) in [4.78, 5) is 141. The largest absolute Gasteiger partial charge is 0.468 e. The van der Waals surface area contributed by atoms with Crippen LogP contribution in [0, 0.1) is 29.6 Å². The minimum absolute atomic E-state index is 0.0618. The van der Waals surface area contributed by atoms with Gasteiger partial charge in [-0.25, -0.2) is 0 Å². The van der Waals surface area contributed by atoms with Crippen molar-refractivity contribution in [3.63, 3.8) is 0 Å². The lowest BCUT2D eigenvalue weighted by Gasteiger charge is -2.64. The van der Waals surface area contributed by atoms with Crippen molar-refractivity contribution in [1.29, 1.82) is 0 Å². The highest BCUT2D eigenvalue weighted by atomic mass is 35.5. The average molecular weight is 1860 g/mol. The molecule has 0 saturated heterocycles. The van der Waals surface area contributed by atoms with Gasteiger partial charge in [0.25, 0.3) is 0 Å². The van der Waals surface area contributed by atoms with E-state index >= 15 is 0 Å². The summed E-state index contributed by atoms with van der Waals surface area (Å²) >= 11 is 11.5. The molecule has 0 amide bonds. The zero-order valence-corrected chi connectivity index (χ0v) is 77.3. The van der Waals surface area contributed by atoms with Crippen LogP contribution in [0.5, 0.6) is 0 Å². The lowest BCUT2D eigenvalue weighted by molar-refractivity contribution is -0.160. The molecule has 0 aromatic heterocycles. The minimum atomic E-state index is -1.89. The van der Waals surface area contributed by atoms with Crippen LogP contribution in [-0.4, -0.2) is 136 Å². The Morgan fingerprint density at radius 2 is 0.326 bits per heavy atom. The van der Waals surface area contributed by atoms with Gasteiger partial charge in [0, 0.05) is 0 Å². The summed E-state index contributed by atoms with van der Waals surface area (Å²) in [6.45, 7) is 0. The van der Waals surface area contributed by atoms with Crippen molar-refractivity contribution in [2.45, 2.75) is 64.1 Å². The molecule has 21 heteroatoms. The molecular weight excluding hydrogens is 1800 g/mol. The Bertz CT molecular complexity index is 10100. The summed E-state index contributed by atoms with van der Waals surface area (Å²) < 4.78 is 54.5. The van der Waals surface area contributed by atoms with E-state index in [0.29, 0.717) is 27.8 Å². The summed E-state index contributed by atoms with van der Waals surface area (Å²) in [5, 5.41) is 49.9. The lowest BCUT2D eigenvalue weighted by Crippen LogP contribution is -2.65. The van der Waals surface area contributed by atoms with Crippen molar-refractivity contribution < 1.29 is 95.3 Å². The van der Waals surface area contributed by atoms with E-state index in [4.69, 9.17) is 47.4 Å². The third-order valence-electron chi connectivity index (χ3n) is 38.7. The van der Waals surface area contributed by atoms with Gasteiger partial charge in [-0.2, -0.15) is 0 Å². The van der Waals surface area contributed by atoms with E-state index in [1.807, 2.05) is 0 Å². The third kappa shape index (κ3) is 6.32. The second-order valence-corrected chi connectivity index (χ2v) is 42.7. The number of allylic oxidation sites excluding steroid dienone is 4. The van der Waals surface area contributed by atoms with Gasteiger partial charge in [-0.05, 0) is 381 Å². The molecule has 141 heavy (non-hydrogen) atoms. The van der Waals surface area contributed by atoms with Crippen LogP contribution in [0.4, 0.5) is 0 Å². The summed E-state index contributed by atoms with van der Waals surface area (Å²) in [5.74, 6) is -14.1. The molecule has 4 atom stereocenters. The van der Waals surface area contributed by atoms with Crippen LogP contribution in [0.2, 0.25) is 0 Å². The predicted octanol–water partition coefficient (Wildman–Crippen LogP) is 19.0. The van der Waals surface area contributed by atoms with Crippen LogP contribution >= 0.6 is 11.6 Å². The predicted molar refractivity (Wildman–Crippen MR) is 528 cm³/mol. The first-order valence-corrected chi connectivity index (χ1v) is 48.3. The van der Waals surface area contributed by atoms with E-state index in [2.05, 4.69) is 121 Å². The van der Waals surface area contributed by atoms with E-state index in [-0.39, 0.29) is 32.1 Å². The average Bonchev–Trinajstić information content (AvgIpc) is 1.36. The van der Waals surface area contributed by atoms with E-state index in [1.165, 1.54) is 276 Å². The number of rotatable bonds is 25. The fraction of sp³-hybridized carbons (Fsp3) is 0.217. The molecule has 672 valence electrons. The smallest absolute Gasteiger partial charge is 0.320 e. The van der Waals surface area contributed by atoms with Gasteiger partial charge in [0.15, 0.2) is 29.6 Å². The van der Waals surface area contributed by atoms with Crippen molar-refractivity contribution in [3.05, 3.63) is 255 Å². The van der Waals surface area contributed by atoms with Crippen LogP contribution in [0.15, 0.2) is 144 Å². The Morgan fingerprint density at radius 1 is 0.191 bits per heavy atom. The van der Waals surface area contributed by atoms with E-state index < -0.39 is 121 Å². The highest BCUT2D eigenvalue weighted by Gasteiger charge is 2.87. The first kappa shape index (κ1) is 75.1. The third-order valence-corrected chi connectivity index (χ3v) is 39.4. The SMILES string of the molecule is COC(=O)C(Cc1ccc(C23C4=C5C6(c7ccc(CC(C(=O)OC)C(=O)OC)cc7)c7c2c2c8c3c3c9c%10c%11c%12c%13c%14c%15c%16c%17c%18c(c6c6c7c7c2c2c%19c8c9c8c9c%10c%13c%10c%13c%14c%17c%14c%17c%18c6c6c7c2c2c(c%198)c(c9%10)c(c%13%14)c2c6%17)C%16(c2ccc(CC(C(=O)OC)C(=O)OC)cc2)C5(Cl)C(=C4C3%11c2ccc(CC(C(=O)OC)C(=O)OC)cc2)C%12%15c2ccc(CC(C(=O)OC)C(=O)OC)cc2)cc1)C(=O)OC. The Morgan fingerprint density at radius 3 is 0.496 bits per heavy atom. The first-order valence-electron chi connectivity index (χ1n) is 47.9. The molecule has 0 N–H and O–H groups in total. The van der Waals surface area contributed by atoms with Gasteiger partial charge in [0.2, 0.25) is 0 Å². The molecule has 0 bridgehead atoms. The zero-order chi connectivity index (χ0) is 94.4. The topological polar surface area (TPSA) is 263 Å². The molecule has 26 aromatic rings. The lowest BCUT2D eigenvalue weighted by atomic mass is 9.39. The van der Waals surface area contributed by atoms with Crippen LogP contribution < -0.4 is 0 Å². The number of methoxy groups -OCH3 is 10. The Hall–Kier alpha value is -15.9. The van der Waals surface area contributed by atoms with Crippen LogP contribution in [-0.2, 0) is 154 Å². The van der Waals surface area contributed by atoms with E-state index in [9.17, 15) is 59.5 Å². The Labute approximate surface area is 796 Å². The van der Waals surface area contributed by atoms with Crippen LogP contribution in [0.1, 0.15) is 111 Å². The highest BCUT2D eigenvalue weighted by molar-refractivity contribution is 6.77. The van der Waals surface area contributed by atoms with Gasteiger partial charge >= 0.3 is 59.7 Å². The summed E-state index contributed by atoms with van der Waals surface area (Å²) in [5.41, 5.74) is 15.7. The number of hydrogen-bond donors (Lipinski definition) is 0. The molecule has 0 spiro atoms. The maximum atomic E-state index is 14.3. The first-order chi connectivity index (χ1) is 68.7. The van der Waals surface area contributed by atoms with Crippen LogP contribution in [0.25, 0.3) is 215 Å². The van der Waals surface area contributed by atoms with Crippen LogP contribution in [0.3, 0.4) is 0 Å². The Balaban J connectivity index is 0.825. The fourth-order valence-corrected chi connectivity index (χ4v) is 36.1. The van der Waals surface area contributed by atoms with Gasteiger partial charge in [-0.3, -0.25) is 47.9 Å². The second kappa shape index (κ2) is 22.0. The monoisotopic (exact) mass is 1860 g/mol. The molecule has 11 aliphatic carbocycles. The molecule has 0 fully saturated rings. The van der Waals surface area contributed by atoms with Crippen molar-refractivity contribution in [1.82, 2.24) is 0 Å². The van der Waals surface area contributed by atoms with Gasteiger partial charge in [-0.15, -0.1) is 11.6 Å². The molecule has 37 rings (SSSR count). The van der Waals surface area contributed by atoms with Gasteiger partial charge in [0.1, 0.15) is 4.87 Å². The summed E-state index contributed by atoms with van der Waals surface area (Å²) in [6.07, 6.45) is -0.330. The number of carbonyl (C=O) groups is 10. The number of hydrogen-bond acceptors (Lipinski definition) is 20. The fourth-order valence-electron chi connectivity index (χ4n) is 35.3. The zero-order valence-electron chi connectivity index (χ0n) is 76.5. The van der Waals surface area contributed by atoms with E-state index in [1.54, 1.807) is 0 Å². The molecule has 0 radical (unpaired) electrons. The quantitative estimate of drug-likeness (QED) is 0.0169. The number of esters is 10. The van der Waals surface area contributed by atoms with Crippen molar-refractivity contribution in [3.8, 4) is 0 Å². The Kier molecular flexibility index (Phi) is 11.7. The summed E-state index contributed by atoms with van der Waals surface area (Å²) in [6, 6.07) is 43.5. The van der Waals surface area contributed by atoms with Crippen molar-refractivity contribution >= 4 is 287 Å². The van der Waals surface area contributed by atoms with Gasteiger partial charge < -0.3 is 47.4 Å². The number of ether oxygens (including phenoxy) is 10. The molecule has 4 unspecified atom stereocenters. The number of alkyl halides is 1.